The van der Waals surface area contributed by atoms with Gasteiger partial charge in [0.1, 0.15) is 9.84 Å². The molecule has 0 aliphatic rings. The van der Waals surface area contributed by atoms with Crippen molar-refractivity contribution in [3.05, 3.63) is 35.4 Å². The van der Waals surface area contributed by atoms with Crippen molar-refractivity contribution >= 4 is 15.8 Å². The van der Waals surface area contributed by atoms with Crippen LogP contribution < -0.4 is 5.73 Å². The Balaban J connectivity index is 2.58. The Kier molecular flexibility index (Phi) is 5.50. The van der Waals surface area contributed by atoms with Crippen LogP contribution in [0.25, 0.3) is 0 Å². The van der Waals surface area contributed by atoms with Crippen LogP contribution in [0.4, 0.5) is 0 Å². The van der Waals surface area contributed by atoms with Crippen molar-refractivity contribution in [2.45, 2.75) is 25.3 Å². The summed E-state index contributed by atoms with van der Waals surface area (Å²) in [7, 11) is -2.96. The summed E-state index contributed by atoms with van der Waals surface area (Å²) >= 11 is 0. The summed E-state index contributed by atoms with van der Waals surface area (Å²) in [5.41, 5.74) is 7.67. The van der Waals surface area contributed by atoms with E-state index in [4.69, 9.17) is 10.8 Å². The first-order valence-corrected chi connectivity index (χ1v) is 8.08. The second kappa shape index (κ2) is 6.68. The molecule has 0 aromatic heterocycles. The largest absolute Gasteiger partial charge is 0.481 e. The lowest BCUT2D eigenvalue weighted by Gasteiger charge is -2.11. The molecule has 0 bridgehead atoms. The minimum absolute atomic E-state index is 0.0387. The molecule has 0 radical (unpaired) electrons. The van der Waals surface area contributed by atoms with Gasteiger partial charge in [-0.05, 0) is 24.0 Å². The van der Waals surface area contributed by atoms with Gasteiger partial charge in [-0.1, -0.05) is 24.3 Å². The smallest absolute Gasteiger partial charge is 0.303 e. The highest BCUT2D eigenvalue weighted by atomic mass is 32.2. The molecule has 106 valence electrons. The maximum Gasteiger partial charge on any atom is 0.303 e. The normalized spacial score (nSPS) is 13.2. The zero-order chi connectivity index (χ0) is 14.5. The van der Waals surface area contributed by atoms with Crippen LogP contribution in [0.1, 0.15) is 30.0 Å². The summed E-state index contributed by atoms with van der Waals surface area (Å²) in [5, 5.41) is 8.59. The Hall–Kier alpha value is -1.40. The number of carboxylic acid groups (broad SMARTS) is 1. The maximum absolute atomic E-state index is 11.1. The molecule has 0 saturated carbocycles. The van der Waals surface area contributed by atoms with Crippen LogP contribution in [-0.2, 0) is 21.1 Å². The third kappa shape index (κ3) is 6.35. The summed E-state index contributed by atoms with van der Waals surface area (Å²) < 4.78 is 22.1. The number of hydrogen-bond donors (Lipinski definition) is 2. The maximum atomic E-state index is 11.1. The number of aliphatic carboxylic acids is 1. The molecular weight excluding hydrogens is 266 g/mol. The number of carbonyl (C=O) groups is 1. The molecule has 1 aromatic rings. The molecule has 3 N–H and O–H groups in total. The zero-order valence-electron chi connectivity index (χ0n) is 10.9. The van der Waals surface area contributed by atoms with Crippen LogP contribution in [-0.4, -0.2) is 31.5 Å². The SMILES string of the molecule is CS(=O)(=O)CCc1ccc(C(N)CCC(=O)O)cc1. The number of carboxylic acids is 1. The number of benzene rings is 1. The standard InChI is InChI=1S/C13H19NO4S/c1-19(17,18)9-8-10-2-4-11(5-3-10)12(14)6-7-13(15)16/h2-5,12H,6-9,14H2,1H3,(H,15,16). The Morgan fingerprint density at radius 1 is 1.32 bits per heavy atom. The highest BCUT2D eigenvalue weighted by Crippen LogP contribution is 2.16. The lowest BCUT2D eigenvalue weighted by molar-refractivity contribution is -0.137. The fourth-order valence-electron chi connectivity index (χ4n) is 1.68. The van der Waals surface area contributed by atoms with E-state index in [1.165, 1.54) is 6.26 Å². The van der Waals surface area contributed by atoms with E-state index in [2.05, 4.69) is 0 Å². The predicted octanol–water partition coefficient (Wildman–Crippen LogP) is 1.14. The van der Waals surface area contributed by atoms with Crippen LogP contribution in [0.3, 0.4) is 0 Å². The van der Waals surface area contributed by atoms with Gasteiger partial charge in [0.15, 0.2) is 0 Å². The van der Waals surface area contributed by atoms with Crippen molar-refractivity contribution in [1.82, 2.24) is 0 Å². The minimum atomic E-state index is -2.96. The first-order valence-electron chi connectivity index (χ1n) is 6.02. The van der Waals surface area contributed by atoms with Gasteiger partial charge in [-0.3, -0.25) is 4.79 Å². The second-order valence-electron chi connectivity index (χ2n) is 4.66. The van der Waals surface area contributed by atoms with Gasteiger partial charge < -0.3 is 10.8 Å². The van der Waals surface area contributed by atoms with E-state index >= 15 is 0 Å². The van der Waals surface area contributed by atoms with Crippen molar-refractivity contribution in [2.75, 3.05) is 12.0 Å². The number of hydrogen-bond acceptors (Lipinski definition) is 4. The fourth-order valence-corrected chi connectivity index (χ4v) is 2.29. The quantitative estimate of drug-likeness (QED) is 0.783. The van der Waals surface area contributed by atoms with Crippen molar-refractivity contribution < 1.29 is 18.3 Å². The Morgan fingerprint density at radius 3 is 2.37 bits per heavy atom. The van der Waals surface area contributed by atoms with Crippen LogP contribution in [0.2, 0.25) is 0 Å². The number of nitrogens with two attached hydrogens (primary N) is 1. The molecule has 0 saturated heterocycles. The van der Waals surface area contributed by atoms with Gasteiger partial charge in [0.25, 0.3) is 0 Å². The first-order chi connectivity index (χ1) is 8.78. The molecule has 0 heterocycles. The van der Waals surface area contributed by atoms with Gasteiger partial charge in [0.05, 0.1) is 5.75 Å². The molecule has 19 heavy (non-hydrogen) atoms. The summed E-state index contributed by atoms with van der Waals surface area (Å²) in [4.78, 5) is 10.5. The molecule has 1 atom stereocenters. The van der Waals surface area contributed by atoms with E-state index in [0.717, 1.165) is 11.1 Å². The van der Waals surface area contributed by atoms with Gasteiger partial charge in [-0.25, -0.2) is 8.42 Å². The van der Waals surface area contributed by atoms with Gasteiger partial charge in [-0.15, -0.1) is 0 Å². The molecule has 0 aliphatic carbocycles. The molecule has 5 nitrogen and oxygen atoms in total. The third-order valence-corrected chi connectivity index (χ3v) is 3.78. The Bertz CT molecular complexity index is 522. The average molecular weight is 285 g/mol. The van der Waals surface area contributed by atoms with E-state index in [9.17, 15) is 13.2 Å². The highest BCUT2D eigenvalue weighted by molar-refractivity contribution is 7.90. The molecule has 0 spiro atoms. The van der Waals surface area contributed by atoms with Crippen molar-refractivity contribution in [1.29, 1.82) is 0 Å². The van der Waals surface area contributed by atoms with Crippen molar-refractivity contribution in [3.63, 3.8) is 0 Å². The molecule has 1 aromatic carbocycles. The second-order valence-corrected chi connectivity index (χ2v) is 6.92. The lowest BCUT2D eigenvalue weighted by Crippen LogP contribution is -2.12. The van der Waals surface area contributed by atoms with Crippen LogP contribution in [0.15, 0.2) is 24.3 Å². The van der Waals surface area contributed by atoms with Crippen LogP contribution in [0.5, 0.6) is 0 Å². The summed E-state index contributed by atoms with van der Waals surface area (Å²) in [6.45, 7) is 0. The van der Waals surface area contributed by atoms with E-state index in [1.54, 1.807) is 0 Å². The molecule has 0 amide bonds. The fraction of sp³-hybridized carbons (Fsp3) is 0.462. The molecule has 0 aliphatic heterocycles. The summed E-state index contributed by atoms with van der Waals surface area (Å²) in [6, 6.07) is 7.01. The molecule has 1 unspecified atom stereocenters. The highest BCUT2D eigenvalue weighted by Gasteiger charge is 2.09. The van der Waals surface area contributed by atoms with Crippen molar-refractivity contribution in [3.8, 4) is 0 Å². The molecule has 0 fully saturated rings. The van der Waals surface area contributed by atoms with Gasteiger partial charge in [0, 0.05) is 18.7 Å². The van der Waals surface area contributed by atoms with Crippen molar-refractivity contribution in [2.24, 2.45) is 5.73 Å². The predicted molar refractivity (Wildman–Crippen MR) is 73.7 cm³/mol. The Labute approximate surface area is 113 Å². The Morgan fingerprint density at radius 2 is 1.89 bits per heavy atom. The van der Waals surface area contributed by atoms with Crippen LogP contribution in [0, 0.1) is 0 Å². The van der Waals surface area contributed by atoms with Crippen LogP contribution >= 0.6 is 0 Å². The number of rotatable bonds is 7. The third-order valence-electron chi connectivity index (χ3n) is 2.84. The molecule has 1 rings (SSSR count). The van der Waals surface area contributed by atoms with E-state index in [1.807, 2.05) is 24.3 Å². The van der Waals surface area contributed by atoms with Gasteiger partial charge >= 0.3 is 5.97 Å². The zero-order valence-corrected chi connectivity index (χ0v) is 11.7. The summed E-state index contributed by atoms with van der Waals surface area (Å²) in [6.07, 6.45) is 2.11. The first kappa shape index (κ1) is 15.7. The summed E-state index contributed by atoms with van der Waals surface area (Å²) in [5.74, 6) is -0.738. The number of aryl methyl sites for hydroxylation is 1. The van der Waals surface area contributed by atoms with E-state index < -0.39 is 15.8 Å². The number of sulfone groups is 1. The van der Waals surface area contributed by atoms with Gasteiger partial charge in [0.2, 0.25) is 0 Å². The average Bonchev–Trinajstić information content (AvgIpc) is 2.33. The molecular formula is C13H19NO4S. The van der Waals surface area contributed by atoms with Gasteiger partial charge in [-0.2, -0.15) is 0 Å². The monoisotopic (exact) mass is 285 g/mol. The van der Waals surface area contributed by atoms with E-state index in [0.29, 0.717) is 12.8 Å². The lowest BCUT2D eigenvalue weighted by atomic mass is 10.0. The van der Waals surface area contributed by atoms with E-state index in [-0.39, 0.29) is 18.2 Å². The minimum Gasteiger partial charge on any atom is -0.481 e. The topological polar surface area (TPSA) is 97.5 Å². The molecule has 6 heteroatoms.